The monoisotopic (exact) mass is 361 g/mol. The van der Waals surface area contributed by atoms with Gasteiger partial charge in [-0.1, -0.05) is 30.3 Å². The van der Waals surface area contributed by atoms with Crippen molar-refractivity contribution in [2.75, 3.05) is 12.3 Å². The lowest BCUT2D eigenvalue weighted by molar-refractivity contribution is -0.339. The van der Waals surface area contributed by atoms with Crippen LogP contribution < -0.4 is 11.4 Å². The fraction of sp³-hybridized carbons (Fsp3) is 0.412. The first-order valence-electron chi connectivity index (χ1n) is 8.23. The molecule has 9 heteroatoms. The Bertz CT molecular complexity index is 827. The van der Waals surface area contributed by atoms with E-state index in [0.717, 1.165) is 10.1 Å². The summed E-state index contributed by atoms with van der Waals surface area (Å²) in [4.78, 5) is 15.6. The molecule has 0 aliphatic carbocycles. The van der Waals surface area contributed by atoms with Crippen molar-refractivity contribution >= 4 is 5.82 Å². The third kappa shape index (κ3) is 3.00. The van der Waals surface area contributed by atoms with Crippen molar-refractivity contribution in [3.63, 3.8) is 0 Å². The highest BCUT2D eigenvalue weighted by atomic mass is 16.7. The van der Waals surface area contributed by atoms with Gasteiger partial charge in [0.25, 0.3) is 0 Å². The molecule has 3 heterocycles. The van der Waals surface area contributed by atoms with Crippen molar-refractivity contribution in [3.05, 3.63) is 58.6 Å². The third-order valence-electron chi connectivity index (χ3n) is 4.55. The molecule has 6 atom stereocenters. The fourth-order valence-corrected chi connectivity index (χ4v) is 3.22. The van der Waals surface area contributed by atoms with Crippen molar-refractivity contribution in [3.8, 4) is 0 Å². The standard InChI is InChI=1S/C17H19N3O6/c18-11-6-7-20(17(23)19-11)15-13(22)12(21)14-10(25-15)8-24-16(26-14)9-4-2-1-3-5-9/h1-7,10,12-16,21-22H,8H2,(H2,18,19,23)/t10-,12-,13-,14-,15-,16?/m1/s1. The van der Waals surface area contributed by atoms with Crippen LogP contribution in [0.5, 0.6) is 0 Å². The number of benzene rings is 1. The molecule has 0 radical (unpaired) electrons. The smallest absolute Gasteiger partial charge is 0.351 e. The highest BCUT2D eigenvalue weighted by Crippen LogP contribution is 2.36. The molecule has 2 aliphatic heterocycles. The molecule has 0 bridgehead atoms. The van der Waals surface area contributed by atoms with Crippen LogP contribution in [0.25, 0.3) is 0 Å². The molecule has 2 fully saturated rings. The minimum atomic E-state index is -1.38. The van der Waals surface area contributed by atoms with Gasteiger partial charge in [0, 0.05) is 11.8 Å². The van der Waals surface area contributed by atoms with Crippen LogP contribution in [0.4, 0.5) is 5.82 Å². The summed E-state index contributed by atoms with van der Waals surface area (Å²) < 4.78 is 18.4. The van der Waals surface area contributed by atoms with E-state index >= 15 is 0 Å². The van der Waals surface area contributed by atoms with Gasteiger partial charge in [0.1, 0.15) is 30.2 Å². The van der Waals surface area contributed by atoms with E-state index in [9.17, 15) is 15.0 Å². The molecular weight excluding hydrogens is 342 g/mol. The second kappa shape index (κ2) is 6.78. The maximum absolute atomic E-state index is 12.0. The maximum Gasteiger partial charge on any atom is 0.351 e. The van der Waals surface area contributed by atoms with E-state index in [1.54, 1.807) is 0 Å². The first kappa shape index (κ1) is 17.1. The number of fused-ring (bicyclic) bond motifs is 1. The Balaban J connectivity index is 1.56. The Kier molecular flexibility index (Phi) is 4.47. The van der Waals surface area contributed by atoms with Gasteiger partial charge in [-0.25, -0.2) is 4.79 Å². The van der Waals surface area contributed by atoms with Gasteiger partial charge in [0.15, 0.2) is 12.5 Å². The zero-order valence-corrected chi connectivity index (χ0v) is 13.7. The van der Waals surface area contributed by atoms with Crippen LogP contribution in [-0.2, 0) is 14.2 Å². The highest BCUT2D eigenvalue weighted by Gasteiger charge is 2.49. The van der Waals surface area contributed by atoms with E-state index in [1.165, 1.54) is 12.3 Å². The molecule has 26 heavy (non-hydrogen) atoms. The van der Waals surface area contributed by atoms with Crippen LogP contribution in [0.1, 0.15) is 18.1 Å². The SMILES string of the molecule is Nc1ccn([C@@H]2O[C@@H]3COC(c4ccccc4)O[C@H]3[C@H](O)[C@H]2O)c(=O)n1. The Hall–Kier alpha value is -2.30. The summed E-state index contributed by atoms with van der Waals surface area (Å²) in [6.45, 7) is 0.141. The Labute approximate surface area is 148 Å². The van der Waals surface area contributed by atoms with Gasteiger partial charge in [-0.2, -0.15) is 4.98 Å². The van der Waals surface area contributed by atoms with Gasteiger partial charge in [0.2, 0.25) is 0 Å². The summed E-state index contributed by atoms with van der Waals surface area (Å²) >= 11 is 0. The fourth-order valence-electron chi connectivity index (χ4n) is 3.22. The first-order valence-corrected chi connectivity index (χ1v) is 8.23. The average molecular weight is 361 g/mol. The van der Waals surface area contributed by atoms with Gasteiger partial charge >= 0.3 is 5.69 Å². The lowest BCUT2D eigenvalue weighted by Crippen LogP contribution is -2.60. The van der Waals surface area contributed by atoms with Gasteiger partial charge in [-0.3, -0.25) is 4.57 Å². The number of nitrogens with two attached hydrogens (primary N) is 1. The summed E-state index contributed by atoms with van der Waals surface area (Å²) in [7, 11) is 0. The summed E-state index contributed by atoms with van der Waals surface area (Å²) in [6, 6.07) is 10.7. The minimum absolute atomic E-state index is 0.0602. The average Bonchev–Trinajstić information content (AvgIpc) is 2.65. The van der Waals surface area contributed by atoms with Crippen molar-refractivity contribution in [1.82, 2.24) is 9.55 Å². The Morgan fingerprint density at radius 1 is 1.12 bits per heavy atom. The van der Waals surface area contributed by atoms with Crippen molar-refractivity contribution < 1.29 is 24.4 Å². The normalized spacial score (nSPS) is 34.2. The number of anilines is 1. The van der Waals surface area contributed by atoms with Crippen LogP contribution in [0, 0.1) is 0 Å². The number of aliphatic hydroxyl groups is 2. The molecule has 1 aromatic carbocycles. The van der Waals surface area contributed by atoms with Gasteiger partial charge in [-0.15, -0.1) is 0 Å². The molecule has 4 rings (SSSR count). The molecule has 2 saturated heterocycles. The van der Waals surface area contributed by atoms with E-state index in [-0.39, 0.29) is 12.4 Å². The second-order valence-corrected chi connectivity index (χ2v) is 6.27. The zero-order chi connectivity index (χ0) is 18.3. The van der Waals surface area contributed by atoms with E-state index in [4.69, 9.17) is 19.9 Å². The predicted molar refractivity (Wildman–Crippen MR) is 88.8 cm³/mol. The van der Waals surface area contributed by atoms with E-state index < -0.39 is 42.6 Å². The van der Waals surface area contributed by atoms with Crippen LogP contribution in [0.3, 0.4) is 0 Å². The molecule has 1 unspecified atom stereocenters. The second-order valence-electron chi connectivity index (χ2n) is 6.27. The third-order valence-corrected chi connectivity index (χ3v) is 4.55. The van der Waals surface area contributed by atoms with Crippen LogP contribution in [0.2, 0.25) is 0 Å². The van der Waals surface area contributed by atoms with Crippen molar-refractivity contribution in [2.45, 2.75) is 36.9 Å². The highest BCUT2D eigenvalue weighted by molar-refractivity contribution is 5.23. The van der Waals surface area contributed by atoms with Crippen LogP contribution in [0.15, 0.2) is 47.4 Å². The zero-order valence-electron chi connectivity index (χ0n) is 13.7. The topological polar surface area (TPSA) is 129 Å². The van der Waals surface area contributed by atoms with E-state index in [2.05, 4.69) is 4.98 Å². The van der Waals surface area contributed by atoms with Gasteiger partial charge in [-0.05, 0) is 6.07 Å². The number of aromatic nitrogens is 2. The van der Waals surface area contributed by atoms with Gasteiger partial charge in [0.05, 0.1) is 6.61 Å². The molecule has 4 N–H and O–H groups in total. The van der Waals surface area contributed by atoms with Gasteiger partial charge < -0.3 is 30.2 Å². The first-order chi connectivity index (χ1) is 12.5. The molecular formula is C17H19N3O6. The summed E-state index contributed by atoms with van der Waals surface area (Å²) in [5.41, 5.74) is 5.60. The summed E-state index contributed by atoms with van der Waals surface area (Å²) in [6.07, 6.45) is -4.51. The molecule has 2 aliphatic rings. The Morgan fingerprint density at radius 3 is 2.62 bits per heavy atom. The number of ether oxygens (including phenoxy) is 3. The number of nitrogen functional groups attached to an aromatic ring is 1. The van der Waals surface area contributed by atoms with Crippen molar-refractivity contribution in [2.24, 2.45) is 0 Å². The number of hydrogen-bond acceptors (Lipinski definition) is 8. The lowest BCUT2D eigenvalue weighted by Gasteiger charge is -2.46. The maximum atomic E-state index is 12.0. The minimum Gasteiger partial charge on any atom is -0.387 e. The molecule has 1 aromatic heterocycles. The van der Waals surface area contributed by atoms with E-state index in [1.807, 2.05) is 30.3 Å². The summed E-state index contributed by atoms with van der Waals surface area (Å²) in [5, 5.41) is 21.0. The van der Waals surface area contributed by atoms with E-state index in [0.29, 0.717) is 0 Å². The molecule has 138 valence electrons. The molecule has 0 spiro atoms. The van der Waals surface area contributed by atoms with Crippen LogP contribution >= 0.6 is 0 Å². The number of nitrogens with zero attached hydrogens (tertiary/aromatic N) is 2. The number of hydrogen-bond donors (Lipinski definition) is 3. The molecule has 0 saturated carbocycles. The van der Waals surface area contributed by atoms with Crippen LogP contribution in [-0.4, -0.2) is 50.8 Å². The Morgan fingerprint density at radius 2 is 1.88 bits per heavy atom. The quantitative estimate of drug-likeness (QED) is 0.656. The molecule has 0 amide bonds. The molecule has 2 aromatic rings. The number of aliphatic hydroxyl groups excluding tert-OH is 2. The predicted octanol–water partition coefficient (Wildman–Crippen LogP) is -0.441. The lowest BCUT2D eigenvalue weighted by atomic mass is 9.97. The number of rotatable bonds is 2. The molecule has 9 nitrogen and oxygen atoms in total. The van der Waals surface area contributed by atoms with Crippen molar-refractivity contribution in [1.29, 1.82) is 0 Å². The largest absolute Gasteiger partial charge is 0.387 e. The summed E-state index contributed by atoms with van der Waals surface area (Å²) in [5.74, 6) is 0.0602.